The maximum Gasteiger partial charge on any atom is 0.235 e. The molecule has 0 heterocycles. The zero-order chi connectivity index (χ0) is 11.9. The van der Waals surface area contributed by atoms with E-state index in [-0.39, 0.29) is 15.8 Å². The summed E-state index contributed by atoms with van der Waals surface area (Å²) < 4.78 is 13.2. The number of rotatable bonds is 2. The fraction of sp³-hybridized carbons (Fsp3) is 0.300. The fourth-order valence-electron chi connectivity index (χ4n) is 1.60. The van der Waals surface area contributed by atoms with Crippen molar-refractivity contribution in [1.82, 2.24) is 0 Å². The van der Waals surface area contributed by atoms with Crippen LogP contribution < -0.4 is 0 Å². The Bertz CT molecular complexity index is 507. The standard InChI is InChI=1S/C10H7BrFNO3/c11-7-8(15)5(3-6(12)9(7)16)10(1-2-10)13-4-14/h3,15-16H,1-2H2. The molecule has 2 rings (SSSR count). The van der Waals surface area contributed by atoms with E-state index in [1.807, 2.05) is 0 Å². The quantitative estimate of drug-likeness (QED) is 0.648. The lowest BCUT2D eigenvalue weighted by atomic mass is 10.0. The highest BCUT2D eigenvalue weighted by atomic mass is 79.9. The Labute approximate surface area is 98.6 Å². The van der Waals surface area contributed by atoms with Crippen molar-refractivity contribution in [3.63, 3.8) is 0 Å². The summed E-state index contributed by atoms with van der Waals surface area (Å²) in [7, 11) is 0. The van der Waals surface area contributed by atoms with E-state index in [0.29, 0.717) is 12.8 Å². The van der Waals surface area contributed by atoms with Gasteiger partial charge in [0.15, 0.2) is 11.6 Å². The van der Waals surface area contributed by atoms with Gasteiger partial charge in [-0.2, -0.15) is 4.99 Å². The molecule has 1 aromatic rings. The van der Waals surface area contributed by atoms with E-state index < -0.39 is 17.1 Å². The number of phenolic OH excluding ortho intramolecular Hbond substituents is 2. The highest BCUT2D eigenvalue weighted by Crippen LogP contribution is 2.54. The Hall–Kier alpha value is -1.39. The van der Waals surface area contributed by atoms with Gasteiger partial charge in [0.25, 0.3) is 0 Å². The maximum absolute atomic E-state index is 13.3. The first-order chi connectivity index (χ1) is 7.52. The van der Waals surface area contributed by atoms with Gasteiger partial charge in [-0.15, -0.1) is 0 Å². The summed E-state index contributed by atoms with van der Waals surface area (Å²) in [6.45, 7) is 0. The molecule has 16 heavy (non-hydrogen) atoms. The van der Waals surface area contributed by atoms with Gasteiger partial charge in [0, 0.05) is 5.56 Å². The number of hydrogen-bond donors (Lipinski definition) is 2. The van der Waals surface area contributed by atoms with Crippen LogP contribution in [0.15, 0.2) is 15.5 Å². The molecule has 0 bridgehead atoms. The molecule has 1 saturated carbocycles. The van der Waals surface area contributed by atoms with Crippen molar-refractivity contribution in [2.45, 2.75) is 18.4 Å². The van der Waals surface area contributed by atoms with Crippen LogP contribution in [-0.4, -0.2) is 16.3 Å². The lowest BCUT2D eigenvalue weighted by Crippen LogP contribution is -2.04. The minimum absolute atomic E-state index is 0.130. The molecular weight excluding hydrogens is 281 g/mol. The minimum Gasteiger partial charge on any atom is -0.506 e. The van der Waals surface area contributed by atoms with E-state index in [4.69, 9.17) is 0 Å². The van der Waals surface area contributed by atoms with Crippen molar-refractivity contribution in [3.05, 3.63) is 21.9 Å². The normalized spacial score (nSPS) is 16.6. The largest absolute Gasteiger partial charge is 0.506 e. The molecule has 1 aliphatic carbocycles. The van der Waals surface area contributed by atoms with Gasteiger partial charge in [0.05, 0.1) is 0 Å². The van der Waals surface area contributed by atoms with E-state index in [1.54, 1.807) is 0 Å². The number of benzene rings is 1. The molecular formula is C10H7BrFNO3. The number of carbonyl (C=O) groups excluding carboxylic acids is 1. The monoisotopic (exact) mass is 287 g/mol. The number of phenols is 2. The number of aromatic hydroxyl groups is 2. The first-order valence-corrected chi connectivity index (χ1v) is 5.30. The van der Waals surface area contributed by atoms with Crippen molar-refractivity contribution >= 4 is 22.0 Å². The van der Waals surface area contributed by atoms with Crippen LogP contribution in [0.25, 0.3) is 0 Å². The number of halogens is 2. The highest BCUT2D eigenvalue weighted by Gasteiger charge is 2.47. The van der Waals surface area contributed by atoms with Gasteiger partial charge >= 0.3 is 0 Å². The maximum atomic E-state index is 13.3. The second-order valence-electron chi connectivity index (χ2n) is 3.65. The molecule has 0 spiro atoms. The molecule has 0 amide bonds. The molecule has 2 N–H and O–H groups in total. The van der Waals surface area contributed by atoms with E-state index >= 15 is 0 Å². The Morgan fingerprint density at radius 2 is 2.06 bits per heavy atom. The number of hydrogen-bond acceptors (Lipinski definition) is 4. The van der Waals surface area contributed by atoms with Crippen LogP contribution >= 0.6 is 15.9 Å². The van der Waals surface area contributed by atoms with Gasteiger partial charge in [-0.25, -0.2) is 9.18 Å². The molecule has 0 aliphatic heterocycles. The van der Waals surface area contributed by atoms with Crippen LogP contribution in [0.1, 0.15) is 18.4 Å². The third-order valence-corrected chi connectivity index (χ3v) is 3.40. The average molecular weight is 288 g/mol. The van der Waals surface area contributed by atoms with Crippen LogP contribution in [0.5, 0.6) is 11.5 Å². The van der Waals surface area contributed by atoms with Crippen LogP contribution in [0, 0.1) is 5.82 Å². The fourth-order valence-corrected chi connectivity index (χ4v) is 2.00. The molecule has 1 fully saturated rings. The van der Waals surface area contributed by atoms with Crippen molar-refractivity contribution in [2.75, 3.05) is 0 Å². The van der Waals surface area contributed by atoms with Crippen LogP contribution in [0.3, 0.4) is 0 Å². The van der Waals surface area contributed by atoms with E-state index in [0.717, 1.165) is 6.07 Å². The van der Waals surface area contributed by atoms with Crippen LogP contribution in [0.4, 0.5) is 4.39 Å². The number of aliphatic imine (C=N–C) groups is 1. The predicted molar refractivity (Wildman–Crippen MR) is 56.5 cm³/mol. The molecule has 0 atom stereocenters. The van der Waals surface area contributed by atoms with Crippen molar-refractivity contribution < 1.29 is 19.4 Å². The number of isocyanates is 1. The van der Waals surface area contributed by atoms with E-state index in [9.17, 15) is 19.4 Å². The lowest BCUT2D eigenvalue weighted by molar-refractivity contribution is 0.407. The summed E-state index contributed by atoms with van der Waals surface area (Å²) in [6.07, 6.45) is 2.51. The molecule has 4 nitrogen and oxygen atoms in total. The van der Waals surface area contributed by atoms with E-state index in [2.05, 4.69) is 20.9 Å². The van der Waals surface area contributed by atoms with Crippen molar-refractivity contribution in [3.8, 4) is 11.5 Å². The Morgan fingerprint density at radius 3 is 2.56 bits per heavy atom. The van der Waals surface area contributed by atoms with Crippen molar-refractivity contribution in [1.29, 1.82) is 0 Å². The molecule has 1 aromatic carbocycles. The van der Waals surface area contributed by atoms with E-state index in [1.165, 1.54) is 6.08 Å². The second kappa shape index (κ2) is 3.57. The van der Waals surface area contributed by atoms with Gasteiger partial charge in [0.1, 0.15) is 15.8 Å². The zero-order valence-corrected chi connectivity index (χ0v) is 9.58. The summed E-state index contributed by atoms with van der Waals surface area (Å²) >= 11 is 2.87. The van der Waals surface area contributed by atoms with Crippen LogP contribution in [-0.2, 0) is 10.3 Å². The first-order valence-electron chi connectivity index (χ1n) is 4.51. The third-order valence-electron chi connectivity index (χ3n) is 2.65. The van der Waals surface area contributed by atoms with Gasteiger partial charge < -0.3 is 10.2 Å². The molecule has 84 valence electrons. The SMILES string of the molecule is O=C=NC1(c2cc(F)c(O)c(Br)c2O)CC1. The average Bonchev–Trinajstić information content (AvgIpc) is 3.02. The summed E-state index contributed by atoms with van der Waals surface area (Å²) in [6, 6.07) is 0.989. The second-order valence-corrected chi connectivity index (χ2v) is 4.44. The van der Waals surface area contributed by atoms with Crippen molar-refractivity contribution in [2.24, 2.45) is 4.99 Å². The highest BCUT2D eigenvalue weighted by molar-refractivity contribution is 9.10. The molecule has 6 heteroatoms. The van der Waals surface area contributed by atoms with Gasteiger partial charge in [-0.3, -0.25) is 0 Å². The minimum atomic E-state index is -0.872. The third kappa shape index (κ3) is 1.50. The number of nitrogens with zero attached hydrogens (tertiary/aromatic N) is 1. The van der Waals surface area contributed by atoms with Gasteiger partial charge in [-0.1, -0.05) is 0 Å². The summed E-state index contributed by atoms with van der Waals surface area (Å²) in [5, 5.41) is 19.0. The molecule has 0 aromatic heterocycles. The summed E-state index contributed by atoms with van der Waals surface area (Å²) in [5.41, 5.74) is -0.680. The zero-order valence-electron chi connectivity index (χ0n) is 8.00. The molecule has 0 unspecified atom stereocenters. The summed E-state index contributed by atoms with van der Waals surface area (Å²) in [4.78, 5) is 13.8. The molecule has 1 aliphatic rings. The lowest BCUT2D eigenvalue weighted by Gasteiger charge is -2.13. The van der Waals surface area contributed by atoms with Crippen LogP contribution in [0.2, 0.25) is 0 Å². The Kier molecular flexibility index (Phi) is 2.48. The van der Waals surface area contributed by atoms with Gasteiger partial charge in [0.2, 0.25) is 6.08 Å². The molecule has 0 saturated heterocycles. The first kappa shape index (κ1) is 11.1. The molecule has 0 radical (unpaired) electrons. The van der Waals surface area contributed by atoms with Gasteiger partial charge in [-0.05, 0) is 34.8 Å². The summed E-state index contributed by atoms with van der Waals surface area (Å²) in [5.74, 6) is -1.82. The topological polar surface area (TPSA) is 69.9 Å². The predicted octanol–water partition coefficient (Wildman–Crippen LogP) is 2.32. The Balaban J connectivity index is 2.63. The Morgan fingerprint density at radius 1 is 1.44 bits per heavy atom. The smallest absolute Gasteiger partial charge is 0.235 e.